The first-order valence-corrected chi connectivity index (χ1v) is 8.34. The minimum absolute atomic E-state index is 0.439. The number of piperidine rings is 1. The topological polar surface area (TPSA) is 80.2 Å². The first-order valence-electron chi connectivity index (χ1n) is 8.34. The standard InChI is InChI=1S/C16H25N5O2/c1-4-15-19-14(20-23-15)10-21-7-5-6-13(9-21)17-8-16-18-11(2)12(3)22-16/h13,17H,4-10H2,1-3H3. The number of rotatable bonds is 6. The van der Waals surface area contributed by atoms with E-state index in [1.807, 2.05) is 20.8 Å². The van der Waals surface area contributed by atoms with Crippen molar-refractivity contribution in [1.29, 1.82) is 0 Å². The summed E-state index contributed by atoms with van der Waals surface area (Å²) in [5.74, 6) is 3.15. The summed E-state index contributed by atoms with van der Waals surface area (Å²) in [6, 6.07) is 0.439. The second-order valence-corrected chi connectivity index (χ2v) is 6.16. The molecule has 1 atom stereocenters. The third-order valence-corrected chi connectivity index (χ3v) is 4.30. The van der Waals surface area contributed by atoms with Crippen LogP contribution in [-0.4, -0.2) is 39.2 Å². The Hall–Kier alpha value is -1.73. The lowest BCUT2D eigenvalue weighted by Crippen LogP contribution is -2.45. The van der Waals surface area contributed by atoms with Crippen LogP contribution in [-0.2, 0) is 19.5 Å². The van der Waals surface area contributed by atoms with Gasteiger partial charge in [-0.1, -0.05) is 12.1 Å². The largest absolute Gasteiger partial charge is 0.444 e. The molecular weight excluding hydrogens is 294 g/mol. The number of aromatic nitrogens is 3. The van der Waals surface area contributed by atoms with E-state index in [2.05, 4.69) is 25.3 Å². The van der Waals surface area contributed by atoms with Gasteiger partial charge in [0, 0.05) is 19.0 Å². The molecule has 3 heterocycles. The molecule has 23 heavy (non-hydrogen) atoms. The van der Waals surface area contributed by atoms with Gasteiger partial charge in [0.25, 0.3) is 0 Å². The summed E-state index contributed by atoms with van der Waals surface area (Å²) in [6.07, 6.45) is 3.12. The van der Waals surface area contributed by atoms with E-state index in [4.69, 9.17) is 8.94 Å². The summed E-state index contributed by atoms with van der Waals surface area (Å²) >= 11 is 0. The summed E-state index contributed by atoms with van der Waals surface area (Å²) in [5.41, 5.74) is 0.968. The van der Waals surface area contributed by atoms with Crippen molar-refractivity contribution in [3.8, 4) is 0 Å². The highest BCUT2D eigenvalue weighted by molar-refractivity contribution is 5.05. The van der Waals surface area contributed by atoms with Crippen molar-refractivity contribution in [1.82, 2.24) is 25.3 Å². The number of aryl methyl sites for hydroxylation is 3. The number of nitrogens with one attached hydrogen (secondary N) is 1. The summed E-state index contributed by atoms with van der Waals surface area (Å²) in [4.78, 5) is 11.2. The first kappa shape index (κ1) is 16.1. The lowest BCUT2D eigenvalue weighted by atomic mass is 10.1. The van der Waals surface area contributed by atoms with Crippen molar-refractivity contribution in [2.75, 3.05) is 13.1 Å². The fourth-order valence-corrected chi connectivity index (χ4v) is 2.91. The summed E-state index contributed by atoms with van der Waals surface area (Å²) < 4.78 is 10.8. The molecule has 0 radical (unpaired) electrons. The molecule has 0 aromatic carbocycles. The van der Waals surface area contributed by atoms with Crippen LogP contribution in [0, 0.1) is 13.8 Å². The molecule has 1 N–H and O–H groups in total. The zero-order chi connectivity index (χ0) is 16.2. The summed E-state index contributed by atoms with van der Waals surface area (Å²) in [5, 5.41) is 7.59. The third kappa shape index (κ3) is 4.17. The minimum Gasteiger partial charge on any atom is -0.444 e. The van der Waals surface area contributed by atoms with E-state index >= 15 is 0 Å². The predicted octanol–water partition coefficient (Wildman–Crippen LogP) is 1.99. The molecule has 0 bridgehead atoms. The van der Waals surface area contributed by atoms with E-state index in [9.17, 15) is 0 Å². The summed E-state index contributed by atoms with van der Waals surface area (Å²) in [7, 11) is 0. The quantitative estimate of drug-likeness (QED) is 0.872. The zero-order valence-corrected chi connectivity index (χ0v) is 14.1. The van der Waals surface area contributed by atoms with E-state index in [0.717, 1.165) is 49.2 Å². The van der Waals surface area contributed by atoms with Gasteiger partial charge in [-0.25, -0.2) is 4.98 Å². The molecule has 1 fully saturated rings. The van der Waals surface area contributed by atoms with Crippen molar-refractivity contribution >= 4 is 0 Å². The second-order valence-electron chi connectivity index (χ2n) is 6.16. The average Bonchev–Trinajstić information content (AvgIpc) is 3.12. The van der Waals surface area contributed by atoms with Gasteiger partial charge >= 0.3 is 0 Å². The van der Waals surface area contributed by atoms with Crippen molar-refractivity contribution in [2.45, 2.75) is 59.2 Å². The van der Waals surface area contributed by atoms with Crippen LogP contribution >= 0.6 is 0 Å². The van der Waals surface area contributed by atoms with Crippen LogP contribution < -0.4 is 5.32 Å². The van der Waals surface area contributed by atoms with Gasteiger partial charge in [-0.3, -0.25) is 4.90 Å². The van der Waals surface area contributed by atoms with Crippen molar-refractivity contribution in [2.24, 2.45) is 0 Å². The SMILES string of the molecule is CCc1nc(CN2CCCC(NCc3nc(C)c(C)o3)C2)no1. The number of oxazole rings is 1. The van der Waals surface area contributed by atoms with Crippen molar-refractivity contribution in [3.05, 3.63) is 29.1 Å². The van der Waals surface area contributed by atoms with E-state index in [0.29, 0.717) is 18.5 Å². The third-order valence-electron chi connectivity index (χ3n) is 4.30. The number of likely N-dealkylation sites (tertiary alicyclic amines) is 1. The van der Waals surface area contributed by atoms with Gasteiger partial charge in [-0.2, -0.15) is 4.98 Å². The van der Waals surface area contributed by atoms with Gasteiger partial charge < -0.3 is 14.3 Å². The average molecular weight is 319 g/mol. The Morgan fingerprint density at radius 1 is 1.26 bits per heavy atom. The van der Waals surface area contributed by atoms with Gasteiger partial charge in [0.05, 0.1) is 18.8 Å². The van der Waals surface area contributed by atoms with Crippen LogP contribution in [0.25, 0.3) is 0 Å². The Kier molecular flexibility index (Phi) is 5.07. The molecule has 2 aromatic heterocycles. The maximum Gasteiger partial charge on any atom is 0.226 e. The predicted molar refractivity (Wildman–Crippen MR) is 84.8 cm³/mol. The molecule has 1 unspecified atom stereocenters. The van der Waals surface area contributed by atoms with E-state index in [1.54, 1.807) is 0 Å². The van der Waals surface area contributed by atoms with E-state index in [-0.39, 0.29) is 0 Å². The Morgan fingerprint density at radius 3 is 2.83 bits per heavy atom. The highest BCUT2D eigenvalue weighted by Crippen LogP contribution is 2.14. The Bertz CT molecular complexity index is 617. The molecular formula is C16H25N5O2. The molecule has 0 saturated carbocycles. The molecule has 126 valence electrons. The highest BCUT2D eigenvalue weighted by Gasteiger charge is 2.21. The van der Waals surface area contributed by atoms with Gasteiger partial charge in [-0.15, -0.1) is 0 Å². The highest BCUT2D eigenvalue weighted by atomic mass is 16.5. The monoisotopic (exact) mass is 319 g/mol. The lowest BCUT2D eigenvalue weighted by molar-refractivity contribution is 0.175. The minimum atomic E-state index is 0.439. The van der Waals surface area contributed by atoms with E-state index < -0.39 is 0 Å². The van der Waals surface area contributed by atoms with Crippen molar-refractivity contribution in [3.63, 3.8) is 0 Å². The smallest absolute Gasteiger partial charge is 0.226 e. The molecule has 0 spiro atoms. The number of hydrogen-bond acceptors (Lipinski definition) is 7. The summed E-state index contributed by atoms with van der Waals surface area (Å²) in [6.45, 7) is 9.42. The maximum atomic E-state index is 5.62. The van der Waals surface area contributed by atoms with E-state index in [1.165, 1.54) is 12.8 Å². The van der Waals surface area contributed by atoms with Crippen LogP contribution in [0.2, 0.25) is 0 Å². The molecule has 1 aliphatic heterocycles. The second kappa shape index (κ2) is 7.23. The van der Waals surface area contributed by atoms with Gasteiger partial charge in [0.2, 0.25) is 11.8 Å². The molecule has 1 aliphatic rings. The molecule has 2 aromatic rings. The van der Waals surface area contributed by atoms with Crippen LogP contribution in [0.15, 0.2) is 8.94 Å². The lowest BCUT2D eigenvalue weighted by Gasteiger charge is -2.32. The van der Waals surface area contributed by atoms with Crippen LogP contribution in [0.5, 0.6) is 0 Å². The van der Waals surface area contributed by atoms with Crippen LogP contribution in [0.4, 0.5) is 0 Å². The normalized spacial score (nSPS) is 19.3. The fraction of sp³-hybridized carbons (Fsp3) is 0.688. The molecule has 0 aliphatic carbocycles. The van der Waals surface area contributed by atoms with Crippen molar-refractivity contribution < 1.29 is 8.94 Å². The van der Waals surface area contributed by atoms with Crippen LogP contribution in [0.1, 0.15) is 48.8 Å². The molecule has 7 nitrogen and oxygen atoms in total. The molecule has 1 saturated heterocycles. The Morgan fingerprint density at radius 2 is 2.13 bits per heavy atom. The molecule has 7 heteroatoms. The first-order chi connectivity index (χ1) is 11.1. The molecule has 0 amide bonds. The maximum absolute atomic E-state index is 5.62. The van der Waals surface area contributed by atoms with Gasteiger partial charge in [0.15, 0.2) is 5.82 Å². The van der Waals surface area contributed by atoms with Gasteiger partial charge in [0.1, 0.15) is 5.76 Å². The Balaban J connectivity index is 1.49. The van der Waals surface area contributed by atoms with Crippen LogP contribution in [0.3, 0.4) is 0 Å². The number of nitrogens with zero attached hydrogens (tertiary/aromatic N) is 4. The van der Waals surface area contributed by atoms with Gasteiger partial charge in [-0.05, 0) is 33.2 Å². The molecule has 3 rings (SSSR count). The number of hydrogen-bond donors (Lipinski definition) is 1. The fourth-order valence-electron chi connectivity index (χ4n) is 2.91. The Labute approximate surface area is 136 Å². The zero-order valence-electron chi connectivity index (χ0n) is 14.1.